The predicted molar refractivity (Wildman–Crippen MR) is 37.4 cm³/mol. The highest BCUT2D eigenvalue weighted by molar-refractivity contribution is 6.59. The minimum absolute atomic E-state index is 0.222. The Morgan fingerprint density at radius 2 is 2.30 bits per heavy atom. The average molecular weight is 141 g/mol. The zero-order chi connectivity index (χ0) is 7.72. The Labute approximate surface area is 58.2 Å². The minimum atomic E-state index is -1.55. The van der Waals surface area contributed by atoms with Crippen LogP contribution in [0.5, 0.6) is 0 Å². The second-order valence-corrected chi connectivity index (χ2v) is 1.98. The molecule has 0 saturated carbocycles. The van der Waals surface area contributed by atoms with Crippen LogP contribution in [-0.2, 0) is 7.05 Å². The lowest BCUT2D eigenvalue weighted by molar-refractivity contribution is 0.422. The molecular weight excluding hydrogens is 133 g/mol. The predicted octanol–water partition coefficient (Wildman–Crippen LogP) is -2.32. The standard InChI is InChI=1S/C4H8BN3O2/c1-8-4(5(9)10)3(6)2-7-8/h2,9-10H,6H2,1H3. The lowest BCUT2D eigenvalue weighted by Gasteiger charge is -1.99. The maximum absolute atomic E-state index is 8.69. The van der Waals surface area contributed by atoms with Gasteiger partial charge in [-0.3, -0.25) is 4.68 Å². The molecule has 0 aliphatic carbocycles. The Balaban J connectivity index is 3.10. The van der Waals surface area contributed by atoms with Gasteiger partial charge in [-0.1, -0.05) is 0 Å². The molecule has 0 spiro atoms. The van der Waals surface area contributed by atoms with E-state index in [2.05, 4.69) is 5.10 Å². The normalized spacial score (nSPS) is 9.90. The van der Waals surface area contributed by atoms with Gasteiger partial charge < -0.3 is 15.8 Å². The fourth-order valence-electron chi connectivity index (χ4n) is 0.780. The summed E-state index contributed by atoms with van der Waals surface area (Å²) in [6, 6.07) is 0. The van der Waals surface area contributed by atoms with Crippen LogP contribution in [-0.4, -0.2) is 26.9 Å². The highest BCUT2D eigenvalue weighted by Crippen LogP contribution is 1.93. The topological polar surface area (TPSA) is 84.3 Å². The smallest absolute Gasteiger partial charge is 0.422 e. The van der Waals surface area contributed by atoms with Gasteiger partial charge in [-0.05, 0) is 0 Å². The number of aryl methyl sites for hydroxylation is 1. The van der Waals surface area contributed by atoms with Crippen molar-refractivity contribution in [3.8, 4) is 0 Å². The monoisotopic (exact) mass is 141 g/mol. The second kappa shape index (κ2) is 2.32. The molecule has 6 heteroatoms. The maximum atomic E-state index is 8.69. The van der Waals surface area contributed by atoms with Crippen molar-refractivity contribution in [3.05, 3.63) is 6.20 Å². The van der Waals surface area contributed by atoms with E-state index in [-0.39, 0.29) is 11.3 Å². The van der Waals surface area contributed by atoms with Crippen LogP contribution in [0.1, 0.15) is 0 Å². The van der Waals surface area contributed by atoms with Crippen LogP contribution in [0.15, 0.2) is 6.20 Å². The molecule has 1 heterocycles. The molecule has 0 aliphatic heterocycles. The molecule has 0 atom stereocenters. The third-order valence-electron chi connectivity index (χ3n) is 1.26. The van der Waals surface area contributed by atoms with Crippen molar-refractivity contribution in [2.75, 3.05) is 5.73 Å². The lowest BCUT2D eigenvalue weighted by Crippen LogP contribution is -2.37. The Hall–Kier alpha value is -1.01. The van der Waals surface area contributed by atoms with E-state index in [1.165, 1.54) is 10.9 Å². The molecule has 0 aliphatic rings. The molecule has 0 aromatic carbocycles. The minimum Gasteiger partial charge on any atom is -0.422 e. The van der Waals surface area contributed by atoms with Crippen molar-refractivity contribution >= 4 is 18.4 Å². The summed E-state index contributed by atoms with van der Waals surface area (Å²) in [5.41, 5.74) is 5.85. The molecule has 0 amide bonds. The van der Waals surface area contributed by atoms with Crippen LogP contribution < -0.4 is 11.3 Å². The summed E-state index contributed by atoms with van der Waals surface area (Å²) >= 11 is 0. The van der Waals surface area contributed by atoms with Crippen LogP contribution in [0.4, 0.5) is 5.69 Å². The Morgan fingerprint density at radius 3 is 2.50 bits per heavy atom. The van der Waals surface area contributed by atoms with Crippen LogP contribution in [0.25, 0.3) is 0 Å². The summed E-state index contributed by atoms with van der Waals surface area (Å²) in [5.74, 6) is 0. The zero-order valence-electron chi connectivity index (χ0n) is 5.52. The molecule has 4 N–H and O–H groups in total. The molecular formula is C4H8BN3O2. The molecule has 0 radical (unpaired) electrons. The highest BCUT2D eigenvalue weighted by atomic mass is 16.4. The van der Waals surface area contributed by atoms with E-state index in [0.29, 0.717) is 0 Å². The van der Waals surface area contributed by atoms with E-state index in [1.54, 1.807) is 7.05 Å². The van der Waals surface area contributed by atoms with Gasteiger partial charge >= 0.3 is 7.12 Å². The van der Waals surface area contributed by atoms with Gasteiger partial charge in [-0.25, -0.2) is 0 Å². The van der Waals surface area contributed by atoms with Gasteiger partial charge in [0.2, 0.25) is 0 Å². The summed E-state index contributed by atoms with van der Waals surface area (Å²) in [4.78, 5) is 0. The van der Waals surface area contributed by atoms with E-state index >= 15 is 0 Å². The molecule has 0 bridgehead atoms. The molecule has 0 fully saturated rings. The van der Waals surface area contributed by atoms with E-state index < -0.39 is 7.12 Å². The number of rotatable bonds is 1. The quantitative estimate of drug-likeness (QED) is 0.383. The number of aromatic nitrogens is 2. The molecule has 5 nitrogen and oxygen atoms in total. The summed E-state index contributed by atoms with van der Waals surface area (Å²) in [6.07, 6.45) is 1.37. The van der Waals surface area contributed by atoms with Crippen LogP contribution in [0, 0.1) is 0 Å². The number of nitrogens with zero attached hydrogens (tertiary/aromatic N) is 2. The number of nitrogens with two attached hydrogens (primary N) is 1. The van der Waals surface area contributed by atoms with Gasteiger partial charge in [-0.15, -0.1) is 0 Å². The van der Waals surface area contributed by atoms with E-state index in [4.69, 9.17) is 15.8 Å². The van der Waals surface area contributed by atoms with Crippen LogP contribution in [0.3, 0.4) is 0 Å². The third kappa shape index (κ3) is 0.983. The van der Waals surface area contributed by atoms with Crippen molar-refractivity contribution in [1.82, 2.24) is 9.78 Å². The first-order chi connectivity index (χ1) is 4.63. The molecule has 1 aromatic heterocycles. The van der Waals surface area contributed by atoms with E-state index in [9.17, 15) is 0 Å². The van der Waals surface area contributed by atoms with Gasteiger partial charge in [-0.2, -0.15) is 5.10 Å². The average Bonchev–Trinajstić information content (AvgIpc) is 2.11. The first kappa shape index (κ1) is 7.11. The summed E-state index contributed by atoms with van der Waals surface area (Å²) in [6.45, 7) is 0. The summed E-state index contributed by atoms with van der Waals surface area (Å²) in [5, 5.41) is 21.1. The summed E-state index contributed by atoms with van der Waals surface area (Å²) < 4.78 is 1.32. The van der Waals surface area contributed by atoms with Crippen molar-refractivity contribution in [3.63, 3.8) is 0 Å². The van der Waals surface area contributed by atoms with Crippen molar-refractivity contribution < 1.29 is 10.0 Å². The first-order valence-corrected chi connectivity index (χ1v) is 2.76. The molecule has 0 unspecified atom stereocenters. The van der Waals surface area contributed by atoms with Crippen molar-refractivity contribution in [1.29, 1.82) is 0 Å². The number of hydrogen-bond acceptors (Lipinski definition) is 4. The SMILES string of the molecule is Cn1ncc(N)c1B(O)O. The zero-order valence-corrected chi connectivity index (χ0v) is 5.52. The van der Waals surface area contributed by atoms with Gasteiger partial charge in [0, 0.05) is 7.05 Å². The highest BCUT2D eigenvalue weighted by Gasteiger charge is 2.18. The third-order valence-corrected chi connectivity index (χ3v) is 1.26. The van der Waals surface area contributed by atoms with Crippen LogP contribution >= 0.6 is 0 Å². The van der Waals surface area contributed by atoms with Crippen molar-refractivity contribution in [2.45, 2.75) is 0 Å². The fraction of sp³-hybridized carbons (Fsp3) is 0.250. The second-order valence-electron chi connectivity index (χ2n) is 1.98. The summed E-state index contributed by atoms with van der Waals surface area (Å²) in [7, 11) is 0.0398. The van der Waals surface area contributed by atoms with Gasteiger partial charge in [0.05, 0.1) is 17.5 Å². The van der Waals surface area contributed by atoms with Crippen LogP contribution in [0.2, 0.25) is 0 Å². The molecule has 1 rings (SSSR count). The maximum Gasteiger partial charge on any atom is 0.509 e. The van der Waals surface area contributed by atoms with Gasteiger partial charge in [0.15, 0.2) is 0 Å². The lowest BCUT2D eigenvalue weighted by atomic mass is 9.85. The van der Waals surface area contributed by atoms with E-state index in [1.807, 2.05) is 0 Å². The Morgan fingerprint density at radius 1 is 1.70 bits per heavy atom. The molecule has 10 heavy (non-hydrogen) atoms. The number of nitrogen functional groups attached to an aromatic ring is 1. The van der Waals surface area contributed by atoms with E-state index in [0.717, 1.165) is 0 Å². The Kier molecular flexibility index (Phi) is 1.65. The Bertz CT molecular complexity index is 215. The fourth-order valence-corrected chi connectivity index (χ4v) is 0.780. The van der Waals surface area contributed by atoms with Gasteiger partial charge in [0.1, 0.15) is 0 Å². The first-order valence-electron chi connectivity index (χ1n) is 2.76. The number of hydrogen-bond donors (Lipinski definition) is 3. The van der Waals surface area contributed by atoms with Crippen molar-refractivity contribution in [2.24, 2.45) is 7.05 Å². The van der Waals surface area contributed by atoms with Gasteiger partial charge in [0.25, 0.3) is 0 Å². The number of anilines is 1. The molecule has 54 valence electrons. The molecule has 0 saturated heterocycles. The molecule has 1 aromatic rings. The largest absolute Gasteiger partial charge is 0.509 e.